The van der Waals surface area contributed by atoms with Crippen molar-refractivity contribution in [3.05, 3.63) is 68.1 Å². The van der Waals surface area contributed by atoms with Crippen LogP contribution in [0.1, 0.15) is 25.1 Å². The zero-order chi connectivity index (χ0) is 24.3. The first kappa shape index (κ1) is 24.8. The largest absolute Gasteiger partial charge is 0.361 e. The average molecular weight is 475 g/mol. The molecule has 0 bridgehead atoms. The molecule has 10 heteroatoms. The maximum absolute atomic E-state index is 14.8. The Hall–Kier alpha value is -2.85. The van der Waals surface area contributed by atoms with E-state index in [9.17, 15) is 19.3 Å². The van der Waals surface area contributed by atoms with Crippen molar-refractivity contribution in [2.45, 2.75) is 59.2 Å². The zero-order valence-electron chi connectivity index (χ0n) is 19.8. The molecule has 0 unspecified atom stereocenters. The van der Waals surface area contributed by atoms with Gasteiger partial charge in [-0.2, -0.15) is 0 Å². The lowest BCUT2D eigenvalue weighted by Gasteiger charge is -2.18. The first-order chi connectivity index (χ1) is 15.5. The van der Waals surface area contributed by atoms with E-state index in [4.69, 9.17) is 4.74 Å². The zero-order valence-corrected chi connectivity index (χ0v) is 20.8. The molecule has 8 nitrogen and oxygen atoms in total. The SMILES string of the molecule is CC(C)Cc1c(F)cnc2cc(Cn3cccc([N+](=O)[O-])c3=O)n(COCC[Si](C)(C)C)c12. The molecule has 33 heavy (non-hydrogen) atoms. The van der Waals surface area contributed by atoms with Crippen LogP contribution in [0.15, 0.2) is 35.4 Å². The van der Waals surface area contributed by atoms with E-state index in [1.165, 1.54) is 29.1 Å². The smallest absolute Gasteiger partial charge is 0.334 e. The highest BCUT2D eigenvalue weighted by Gasteiger charge is 2.20. The second-order valence-corrected chi connectivity index (χ2v) is 15.5. The normalized spacial score (nSPS) is 12.1. The van der Waals surface area contributed by atoms with Gasteiger partial charge < -0.3 is 13.9 Å². The number of fused-ring (bicyclic) bond motifs is 1. The second-order valence-electron chi connectivity index (χ2n) is 9.91. The molecule has 0 aliphatic heterocycles. The lowest BCUT2D eigenvalue weighted by Crippen LogP contribution is -2.24. The number of aromatic nitrogens is 3. The van der Waals surface area contributed by atoms with Crippen molar-refractivity contribution in [2.24, 2.45) is 5.92 Å². The second kappa shape index (κ2) is 9.96. The number of hydrogen-bond acceptors (Lipinski definition) is 5. The van der Waals surface area contributed by atoms with E-state index >= 15 is 0 Å². The fourth-order valence-corrected chi connectivity index (χ4v) is 4.45. The van der Waals surface area contributed by atoms with Gasteiger partial charge in [-0.25, -0.2) is 4.39 Å². The molecular weight excluding hydrogens is 443 g/mol. The maximum Gasteiger partial charge on any atom is 0.334 e. The summed E-state index contributed by atoms with van der Waals surface area (Å²) in [5, 5.41) is 11.2. The van der Waals surface area contributed by atoms with Gasteiger partial charge in [0.2, 0.25) is 0 Å². The summed E-state index contributed by atoms with van der Waals surface area (Å²) in [5.74, 6) is -0.152. The van der Waals surface area contributed by atoms with Crippen molar-refractivity contribution >= 4 is 24.8 Å². The lowest BCUT2D eigenvalue weighted by molar-refractivity contribution is -0.386. The van der Waals surface area contributed by atoms with Crippen LogP contribution in [0.4, 0.5) is 10.1 Å². The van der Waals surface area contributed by atoms with Crippen LogP contribution in [0, 0.1) is 21.8 Å². The topological polar surface area (TPSA) is 92.2 Å². The molecule has 3 aromatic heterocycles. The molecule has 0 aliphatic rings. The van der Waals surface area contributed by atoms with Gasteiger partial charge in [0.15, 0.2) is 0 Å². The molecule has 0 N–H and O–H groups in total. The third kappa shape index (κ3) is 5.94. The number of pyridine rings is 2. The minimum atomic E-state index is -1.29. The molecular formula is C23H31FN4O4Si. The van der Waals surface area contributed by atoms with Gasteiger partial charge in [-0.1, -0.05) is 33.5 Å². The Morgan fingerprint density at radius 3 is 2.67 bits per heavy atom. The molecule has 0 spiro atoms. The Bertz CT molecular complexity index is 1210. The first-order valence-corrected chi connectivity index (χ1v) is 14.8. The van der Waals surface area contributed by atoms with Crippen molar-refractivity contribution in [3.63, 3.8) is 0 Å². The molecule has 0 fully saturated rings. The third-order valence-corrected chi connectivity index (χ3v) is 7.12. The van der Waals surface area contributed by atoms with Crippen LogP contribution in [-0.4, -0.2) is 33.7 Å². The monoisotopic (exact) mass is 474 g/mol. The highest BCUT2D eigenvalue weighted by atomic mass is 28.3. The molecule has 0 aliphatic carbocycles. The molecule has 0 radical (unpaired) electrons. The Balaban J connectivity index is 2.07. The Morgan fingerprint density at radius 1 is 1.30 bits per heavy atom. The molecule has 0 aromatic carbocycles. The molecule has 3 rings (SSSR count). The molecule has 0 saturated heterocycles. The molecule has 178 valence electrons. The van der Waals surface area contributed by atoms with Gasteiger partial charge in [0, 0.05) is 38.2 Å². The summed E-state index contributed by atoms with van der Waals surface area (Å²) in [6.45, 7) is 11.7. The van der Waals surface area contributed by atoms with Gasteiger partial charge in [-0.05, 0) is 30.5 Å². The Labute approximate surface area is 193 Å². The highest BCUT2D eigenvalue weighted by molar-refractivity contribution is 6.76. The van der Waals surface area contributed by atoms with E-state index in [0.29, 0.717) is 35.3 Å². The fraction of sp³-hybridized carbons (Fsp3) is 0.478. The van der Waals surface area contributed by atoms with Gasteiger partial charge in [0.1, 0.15) is 12.5 Å². The molecule has 0 atom stereocenters. The van der Waals surface area contributed by atoms with Gasteiger partial charge in [-0.3, -0.25) is 19.9 Å². The van der Waals surface area contributed by atoms with Crippen LogP contribution >= 0.6 is 0 Å². The molecule has 0 amide bonds. The maximum atomic E-state index is 14.8. The summed E-state index contributed by atoms with van der Waals surface area (Å²) in [5.41, 5.74) is 1.29. The van der Waals surface area contributed by atoms with E-state index in [1.54, 1.807) is 6.07 Å². The third-order valence-electron chi connectivity index (χ3n) is 5.41. The lowest BCUT2D eigenvalue weighted by atomic mass is 10.0. The summed E-state index contributed by atoms with van der Waals surface area (Å²) in [6.07, 6.45) is 3.26. The van der Waals surface area contributed by atoms with Crippen molar-refractivity contribution in [3.8, 4) is 0 Å². The molecule has 3 heterocycles. The van der Waals surface area contributed by atoms with E-state index in [0.717, 1.165) is 6.04 Å². The van der Waals surface area contributed by atoms with E-state index < -0.39 is 24.2 Å². The minimum absolute atomic E-state index is 0.0803. The van der Waals surface area contributed by atoms with Crippen LogP contribution in [-0.2, 0) is 24.4 Å². The van der Waals surface area contributed by atoms with Crippen molar-refractivity contribution in [1.82, 2.24) is 14.1 Å². The van der Waals surface area contributed by atoms with Crippen molar-refractivity contribution < 1.29 is 14.1 Å². The number of nitrogens with zero attached hydrogens (tertiary/aromatic N) is 4. The van der Waals surface area contributed by atoms with E-state index in [2.05, 4.69) is 24.6 Å². The number of ether oxygens (including phenoxy) is 1. The van der Waals surface area contributed by atoms with Gasteiger partial charge in [0.05, 0.1) is 28.7 Å². The molecule has 0 saturated carbocycles. The van der Waals surface area contributed by atoms with Gasteiger partial charge >= 0.3 is 11.2 Å². The number of rotatable bonds is 10. The highest BCUT2D eigenvalue weighted by Crippen LogP contribution is 2.27. The number of halogens is 1. The van der Waals surface area contributed by atoms with Crippen LogP contribution in [0.3, 0.4) is 0 Å². The summed E-state index contributed by atoms with van der Waals surface area (Å²) in [4.78, 5) is 27.4. The first-order valence-electron chi connectivity index (χ1n) is 11.0. The van der Waals surface area contributed by atoms with Gasteiger partial charge in [-0.15, -0.1) is 0 Å². The van der Waals surface area contributed by atoms with Crippen LogP contribution in [0.5, 0.6) is 0 Å². The quantitative estimate of drug-likeness (QED) is 0.182. The van der Waals surface area contributed by atoms with Crippen molar-refractivity contribution in [2.75, 3.05) is 6.61 Å². The van der Waals surface area contributed by atoms with Crippen LogP contribution in [0.25, 0.3) is 11.0 Å². The summed E-state index contributed by atoms with van der Waals surface area (Å²) >= 11 is 0. The van der Waals surface area contributed by atoms with E-state index in [1.807, 2.05) is 18.4 Å². The fourth-order valence-electron chi connectivity index (χ4n) is 3.70. The Morgan fingerprint density at radius 2 is 2.03 bits per heavy atom. The van der Waals surface area contributed by atoms with E-state index in [-0.39, 0.29) is 25.0 Å². The summed E-state index contributed by atoms with van der Waals surface area (Å²) < 4.78 is 23.9. The number of nitro groups is 1. The molecule has 3 aromatic rings. The minimum Gasteiger partial charge on any atom is -0.361 e. The van der Waals surface area contributed by atoms with Crippen molar-refractivity contribution in [1.29, 1.82) is 0 Å². The summed E-state index contributed by atoms with van der Waals surface area (Å²) in [7, 11) is -1.29. The average Bonchev–Trinajstić information content (AvgIpc) is 3.05. The summed E-state index contributed by atoms with van der Waals surface area (Å²) in [6, 6.07) is 5.44. The van der Waals surface area contributed by atoms with Gasteiger partial charge in [0.25, 0.3) is 0 Å². The predicted octanol–water partition coefficient (Wildman–Crippen LogP) is 4.80. The van der Waals surface area contributed by atoms with Crippen LogP contribution < -0.4 is 5.56 Å². The predicted molar refractivity (Wildman–Crippen MR) is 129 cm³/mol. The Kier molecular flexibility index (Phi) is 7.48. The number of hydrogen-bond donors (Lipinski definition) is 0. The van der Waals surface area contributed by atoms with Crippen LogP contribution in [0.2, 0.25) is 25.7 Å². The standard InChI is InChI=1S/C23H31FN4O4Si/c1-16(2)11-18-19(24)13-25-20-12-17(14-26-8-6-7-21(23(26)29)28(30)31)27(22(18)20)15-32-9-10-33(3,4)5/h6-8,12-13,16H,9-11,14-15H2,1-5H3.